The van der Waals surface area contributed by atoms with Crippen molar-refractivity contribution in [3.05, 3.63) is 57.3 Å². The minimum atomic E-state index is -0.603. The predicted octanol–water partition coefficient (Wildman–Crippen LogP) is 1.47. The van der Waals surface area contributed by atoms with Crippen LogP contribution < -0.4 is 10.9 Å². The Bertz CT molecular complexity index is 1130. The van der Waals surface area contributed by atoms with E-state index in [9.17, 15) is 14.4 Å². The Morgan fingerprint density at radius 1 is 1.46 bits per heavy atom. The van der Waals surface area contributed by atoms with E-state index in [1.165, 1.54) is 6.33 Å². The molecule has 3 heterocycles. The fraction of sp³-hybridized carbons (Fsp3) is 0.188. The highest BCUT2D eigenvalue weighted by molar-refractivity contribution is 7.73. The first kappa shape index (κ1) is 18.0. The van der Waals surface area contributed by atoms with Gasteiger partial charge >= 0.3 is 0 Å². The van der Waals surface area contributed by atoms with Crippen LogP contribution in [0.3, 0.4) is 0 Å². The van der Waals surface area contributed by atoms with E-state index >= 15 is 0 Å². The van der Waals surface area contributed by atoms with Gasteiger partial charge in [-0.15, -0.1) is 6.58 Å². The molecule has 0 unspecified atom stereocenters. The minimum absolute atomic E-state index is 0.315. The van der Waals surface area contributed by atoms with Gasteiger partial charge < -0.3 is 9.13 Å². The average molecular weight is 389 g/mol. The number of carbonyl (C=O) groups excluding carboxylic acids is 2. The van der Waals surface area contributed by atoms with E-state index in [1.807, 2.05) is 0 Å². The molecule has 1 N–H and O–H groups in total. The molecule has 0 bridgehead atoms. The van der Waals surface area contributed by atoms with Gasteiger partial charge in [0.25, 0.3) is 11.5 Å². The first-order valence-electron chi connectivity index (χ1n) is 7.57. The lowest BCUT2D eigenvalue weighted by atomic mass is 10.4. The maximum absolute atomic E-state index is 12.6. The fourth-order valence-electron chi connectivity index (χ4n) is 2.46. The average Bonchev–Trinajstić information content (AvgIpc) is 3.15. The molecule has 0 aromatic carbocycles. The number of aryl methyl sites for hydroxylation is 1. The first-order chi connectivity index (χ1) is 12.4. The molecule has 0 saturated heterocycles. The molecule has 2 amide bonds. The van der Waals surface area contributed by atoms with Crippen molar-refractivity contribution in [2.75, 3.05) is 0 Å². The number of fused-ring (bicyclic) bond motifs is 1. The standard InChI is InChI=1S/C16H15N5O3S2/c1-3-6-21-13-12(26-16(21)25)15(24)20(9-17-13)8-11(22)18-14(23)10-5-4-7-19(10)2/h3-5,7,9H,1,6,8H2,2H3,(H,18,22,23). The van der Waals surface area contributed by atoms with Gasteiger partial charge in [-0.2, -0.15) is 0 Å². The lowest BCUT2D eigenvalue weighted by Gasteiger charge is -2.07. The van der Waals surface area contributed by atoms with Crippen LogP contribution in [0, 0.1) is 3.95 Å². The van der Waals surface area contributed by atoms with Crippen LogP contribution in [0.1, 0.15) is 10.5 Å². The summed E-state index contributed by atoms with van der Waals surface area (Å²) in [6.45, 7) is 3.79. The highest BCUT2D eigenvalue weighted by Crippen LogP contribution is 2.17. The Morgan fingerprint density at radius 2 is 2.23 bits per heavy atom. The van der Waals surface area contributed by atoms with Crippen LogP contribution in [0.5, 0.6) is 0 Å². The van der Waals surface area contributed by atoms with Crippen molar-refractivity contribution in [1.82, 2.24) is 24.0 Å². The molecule has 0 atom stereocenters. The number of nitrogens with one attached hydrogen (secondary N) is 1. The SMILES string of the molecule is C=CCn1c(=S)sc2c(=O)n(CC(=O)NC(=O)c3cccn3C)cnc21. The van der Waals surface area contributed by atoms with Gasteiger partial charge in [0.15, 0.2) is 9.60 Å². The van der Waals surface area contributed by atoms with Crippen LogP contribution in [0.2, 0.25) is 0 Å². The zero-order chi connectivity index (χ0) is 18.8. The summed E-state index contributed by atoms with van der Waals surface area (Å²) >= 11 is 6.38. The van der Waals surface area contributed by atoms with E-state index in [4.69, 9.17) is 12.2 Å². The summed E-state index contributed by atoms with van der Waals surface area (Å²) in [4.78, 5) is 41.0. The molecule has 3 aromatic rings. The van der Waals surface area contributed by atoms with Gasteiger partial charge in [0.2, 0.25) is 5.91 Å². The molecule has 134 valence electrons. The summed E-state index contributed by atoms with van der Waals surface area (Å²) in [5.74, 6) is -1.13. The topological polar surface area (TPSA) is 90.9 Å². The predicted molar refractivity (Wildman–Crippen MR) is 101 cm³/mol. The largest absolute Gasteiger partial charge is 0.347 e. The molecule has 0 fully saturated rings. The second kappa shape index (κ2) is 7.18. The highest BCUT2D eigenvalue weighted by Gasteiger charge is 2.16. The van der Waals surface area contributed by atoms with Crippen molar-refractivity contribution in [3.63, 3.8) is 0 Å². The number of hydrogen-bond donors (Lipinski definition) is 1. The molecule has 3 rings (SSSR count). The summed E-state index contributed by atoms with van der Waals surface area (Å²) in [5.41, 5.74) is 0.426. The Balaban J connectivity index is 1.84. The molecule has 0 radical (unpaired) electrons. The number of carbonyl (C=O) groups is 2. The van der Waals surface area contributed by atoms with Gasteiger partial charge in [-0.25, -0.2) is 4.98 Å². The van der Waals surface area contributed by atoms with Crippen molar-refractivity contribution in [3.8, 4) is 0 Å². The fourth-order valence-corrected chi connectivity index (χ4v) is 3.77. The van der Waals surface area contributed by atoms with E-state index in [0.29, 0.717) is 26.5 Å². The second-order valence-corrected chi connectivity index (χ2v) is 7.12. The Kier molecular flexibility index (Phi) is 4.96. The molecule has 8 nitrogen and oxygen atoms in total. The van der Waals surface area contributed by atoms with Gasteiger partial charge in [0, 0.05) is 19.8 Å². The van der Waals surface area contributed by atoms with Crippen molar-refractivity contribution >= 4 is 45.7 Å². The van der Waals surface area contributed by atoms with Gasteiger partial charge in [-0.3, -0.25) is 24.3 Å². The zero-order valence-electron chi connectivity index (χ0n) is 13.8. The molecule has 10 heteroatoms. The summed E-state index contributed by atoms with van der Waals surface area (Å²) in [5, 5.41) is 2.26. The van der Waals surface area contributed by atoms with E-state index in [-0.39, 0.29) is 12.1 Å². The summed E-state index contributed by atoms with van der Waals surface area (Å²) < 4.78 is 5.32. The number of aromatic nitrogens is 4. The third-order valence-corrected chi connectivity index (χ3v) is 5.12. The number of imide groups is 1. The maximum Gasteiger partial charge on any atom is 0.274 e. The van der Waals surface area contributed by atoms with Gasteiger partial charge in [0.1, 0.15) is 23.3 Å². The lowest BCUT2D eigenvalue weighted by Crippen LogP contribution is -2.36. The smallest absolute Gasteiger partial charge is 0.274 e. The molecule has 0 spiro atoms. The van der Waals surface area contributed by atoms with E-state index in [2.05, 4.69) is 16.9 Å². The Labute approximate surface area is 157 Å². The Morgan fingerprint density at radius 3 is 2.88 bits per heavy atom. The molecule has 0 saturated carbocycles. The third kappa shape index (κ3) is 3.28. The number of thiazole rings is 1. The maximum atomic E-state index is 12.6. The second-order valence-electron chi connectivity index (χ2n) is 5.48. The molecule has 26 heavy (non-hydrogen) atoms. The van der Waals surface area contributed by atoms with Gasteiger partial charge in [-0.05, 0) is 24.4 Å². The monoisotopic (exact) mass is 389 g/mol. The van der Waals surface area contributed by atoms with Crippen molar-refractivity contribution in [2.24, 2.45) is 7.05 Å². The van der Waals surface area contributed by atoms with Crippen molar-refractivity contribution < 1.29 is 9.59 Å². The van der Waals surface area contributed by atoms with Crippen molar-refractivity contribution in [2.45, 2.75) is 13.1 Å². The van der Waals surface area contributed by atoms with Crippen LogP contribution in [-0.4, -0.2) is 30.5 Å². The van der Waals surface area contributed by atoms with E-state index < -0.39 is 11.8 Å². The van der Waals surface area contributed by atoms with Crippen LogP contribution in [0.25, 0.3) is 10.3 Å². The van der Waals surface area contributed by atoms with Crippen LogP contribution in [0.15, 0.2) is 42.1 Å². The van der Waals surface area contributed by atoms with Crippen LogP contribution in [-0.2, 0) is 24.9 Å². The molecule has 3 aromatic heterocycles. The normalized spacial score (nSPS) is 10.8. The van der Waals surface area contributed by atoms with E-state index in [0.717, 1.165) is 15.9 Å². The number of nitrogens with zero attached hydrogens (tertiary/aromatic N) is 4. The summed E-state index contributed by atoms with van der Waals surface area (Å²) in [7, 11) is 1.70. The summed E-state index contributed by atoms with van der Waals surface area (Å²) in [6, 6.07) is 3.29. The first-order valence-corrected chi connectivity index (χ1v) is 8.80. The van der Waals surface area contributed by atoms with E-state index in [1.54, 1.807) is 40.6 Å². The van der Waals surface area contributed by atoms with Crippen LogP contribution in [0.4, 0.5) is 0 Å². The molecular formula is C16H15N5O3S2. The molecule has 0 aliphatic carbocycles. The molecule has 0 aliphatic heterocycles. The minimum Gasteiger partial charge on any atom is -0.347 e. The number of rotatable bonds is 5. The quantitative estimate of drug-likeness (QED) is 0.527. The zero-order valence-corrected chi connectivity index (χ0v) is 15.5. The lowest BCUT2D eigenvalue weighted by molar-refractivity contribution is -0.120. The molecule has 0 aliphatic rings. The Hall–Kier alpha value is -2.85. The number of hydrogen-bond acceptors (Lipinski definition) is 6. The number of allylic oxidation sites excluding steroid dienone is 1. The number of amides is 2. The van der Waals surface area contributed by atoms with Gasteiger partial charge in [-0.1, -0.05) is 17.4 Å². The highest BCUT2D eigenvalue weighted by atomic mass is 32.1. The van der Waals surface area contributed by atoms with Gasteiger partial charge in [0.05, 0.1) is 0 Å². The van der Waals surface area contributed by atoms with Crippen LogP contribution >= 0.6 is 23.6 Å². The summed E-state index contributed by atoms with van der Waals surface area (Å²) in [6.07, 6.45) is 4.64. The third-order valence-electron chi connectivity index (χ3n) is 3.70. The van der Waals surface area contributed by atoms with Crippen molar-refractivity contribution in [1.29, 1.82) is 0 Å². The molecular weight excluding hydrogens is 374 g/mol.